The number of H-pyrrole nitrogens is 1. The predicted molar refractivity (Wildman–Crippen MR) is 127 cm³/mol. The maximum atomic E-state index is 12.1. The Bertz CT molecular complexity index is 1340. The van der Waals surface area contributed by atoms with Crippen molar-refractivity contribution in [1.82, 2.24) is 9.97 Å². The van der Waals surface area contributed by atoms with Crippen LogP contribution in [0.1, 0.15) is 28.7 Å². The quantitative estimate of drug-likeness (QED) is 0.318. The first-order valence-corrected chi connectivity index (χ1v) is 10.2. The SMILES string of the molecule is CC(=O)c1ccc(NC(=O)COc2ccc(C=C(C#N)c3nc4ccccc4[nH]3)cc2)cc1. The largest absolute Gasteiger partial charge is 0.484 e. The zero-order valence-electron chi connectivity index (χ0n) is 17.8. The van der Waals surface area contributed by atoms with Crippen LogP contribution in [-0.2, 0) is 4.79 Å². The first-order chi connectivity index (χ1) is 16.0. The number of carbonyl (C=O) groups is 2. The van der Waals surface area contributed by atoms with E-state index in [1.54, 1.807) is 54.6 Å². The third-order valence-corrected chi connectivity index (χ3v) is 4.90. The van der Waals surface area contributed by atoms with Crippen LogP contribution in [-0.4, -0.2) is 28.3 Å². The van der Waals surface area contributed by atoms with Gasteiger partial charge in [-0.2, -0.15) is 5.26 Å². The van der Waals surface area contributed by atoms with E-state index in [0.29, 0.717) is 28.4 Å². The molecule has 0 saturated carbocycles. The summed E-state index contributed by atoms with van der Waals surface area (Å²) in [5.74, 6) is 0.684. The van der Waals surface area contributed by atoms with E-state index in [1.165, 1.54) is 6.92 Å². The third kappa shape index (κ3) is 5.32. The lowest BCUT2D eigenvalue weighted by atomic mass is 10.1. The minimum atomic E-state index is -0.314. The van der Waals surface area contributed by atoms with E-state index in [9.17, 15) is 14.9 Å². The van der Waals surface area contributed by atoms with Crippen molar-refractivity contribution in [3.05, 3.63) is 89.7 Å². The maximum Gasteiger partial charge on any atom is 0.262 e. The molecule has 0 unspecified atom stereocenters. The number of allylic oxidation sites excluding steroid dienone is 1. The van der Waals surface area contributed by atoms with Gasteiger partial charge in [0.1, 0.15) is 17.6 Å². The fourth-order valence-electron chi connectivity index (χ4n) is 3.20. The molecule has 33 heavy (non-hydrogen) atoms. The second kappa shape index (κ2) is 9.62. The van der Waals surface area contributed by atoms with Crippen LogP contribution in [0.4, 0.5) is 5.69 Å². The number of ketones is 1. The van der Waals surface area contributed by atoms with Crippen LogP contribution < -0.4 is 10.1 Å². The number of anilines is 1. The molecule has 0 atom stereocenters. The number of fused-ring (bicyclic) bond motifs is 1. The molecule has 0 spiro atoms. The number of aromatic nitrogens is 2. The standard InChI is InChI=1S/C26H20N4O3/c1-17(31)19-8-10-21(11-9-19)28-25(32)16-33-22-12-6-18(7-13-22)14-20(15-27)26-29-23-4-2-3-5-24(23)30-26/h2-14H,16H2,1H3,(H,28,32)(H,29,30). The Morgan fingerprint density at radius 3 is 2.45 bits per heavy atom. The average Bonchev–Trinajstić information content (AvgIpc) is 3.26. The van der Waals surface area contributed by atoms with Gasteiger partial charge < -0.3 is 15.0 Å². The summed E-state index contributed by atoms with van der Waals surface area (Å²) in [5.41, 5.74) is 4.04. The summed E-state index contributed by atoms with van der Waals surface area (Å²) >= 11 is 0. The van der Waals surface area contributed by atoms with Crippen LogP contribution in [0.3, 0.4) is 0 Å². The smallest absolute Gasteiger partial charge is 0.262 e. The molecule has 162 valence electrons. The number of para-hydroxylation sites is 2. The van der Waals surface area contributed by atoms with Crippen LogP contribution in [0.5, 0.6) is 5.75 Å². The van der Waals surface area contributed by atoms with Crippen LogP contribution in [0.15, 0.2) is 72.8 Å². The van der Waals surface area contributed by atoms with Crippen LogP contribution in [0, 0.1) is 11.3 Å². The van der Waals surface area contributed by atoms with E-state index < -0.39 is 0 Å². The van der Waals surface area contributed by atoms with Gasteiger partial charge in [0.05, 0.1) is 16.6 Å². The number of imidazole rings is 1. The van der Waals surface area contributed by atoms with Gasteiger partial charge >= 0.3 is 0 Å². The normalized spacial score (nSPS) is 11.1. The Balaban J connectivity index is 1.37. The number of aromatic amines is 1. The van der Waals surface area contributed by atoms with E-state index in [2.05, 4.69) is 21.4 Å². The fraction of sp³-hybridized carbons (Fsp3) is 0.0769. The Morgan fingerprint density at radius 1 is 1.06 bits per heavy atom. The zero-order chi connectivity index (χ0) is 23.2. The van der Waals surface area contributed by atoms with Gasteiger partial charge in [0.2, 0.25) is 0 Å². The molecule has 0 saturated heterocycles. The van der Waals surface area contributed by atoms with Gasteiger partial charge in [-0.15, -0.1) is 0 Å². The summed E-state index contributed by atoms with van der Waals surface area (Å²) in [6, 6.07) is 23.5. The molecule has 0 bridgehead atoms. The molecule has 0 aliphatic heterocycles. The summed E-state index contributed by atoms with van der Waals surface area (Å²) in [6.07, 6.45) is 1.74. The molecule has 2 N–H and O–H groups in total. The molecule has 7 heteroatoms. The summed E-state index contributed by atoms with van der Waals surface area (Å²) in [4.78, 5) is 31.1. The second-order valence-corrected chi connectivity index (χ2v) is 7.31. The van der Waals surface area contributed by atoms with E-state index in [0.717, 1.165) is 16.6 Å². The highest BCUT2D eigenvalue weighted by atomic mass is 16.5. The molecule has 4 aromatic rings. The molecular formula is C26H20N4O3. The summed E-state index contributed by atoms with van der Waals surface area (Å²) in [7, 11) is 0. The third-order valence-electron chi connectivity index (χ3n) is 4.90. The molecule has 0 radical (unpaired) electrons. The highest BCUT2D eigenvalue weighted by Crippen LogP contribution is 2.20. The first-order valence-electron chi connectivity index (χ1n) is 10.2. The number of nitrogens with one attached hydrogen (secondary N) is 2. The Kier molecular flexibility index (Phi) is 6.28. The Labute approximate surface area is 190 Å². The number of Topliss-reactive ketones (excluding diaryl/α,β-unsaturated/α-hetero) is 1. The number of amides is 1. The number of ether oxygens (including phenoxy) is 1. The van der Waals surface area contributed by atoms with Gasteiger partial charge in [0.15, 0.2) is 12.4 Å². The zero-order valence-corrected chi connectivity index (χ0v) is 17.8. The summed E-state index contributed by atoms with van der Waals surface area (Å²) < 4.78 is 5.54. The number of rotatable bonds is 7. The molecule has 7 nitrogen and oxygen atoms in total. The van der Waals surface area contributed by atoms with Crippen molar-refractivity contribution in [1.29, 1.82) is 5.26 Å². The predicted octanol–water partition coefficient (Wildman–Crippen LogP) is 4.85. The fourth-order valence-corrected chi connectivity index (χ4v) is 3.20. The topological polar surface area (TPSA) is 108 Å². The van der Waals surface area contributed by atoms with Gasteiger partial charge in [0.25, 0.3) is 5.91 Å². The molecule has 3 aromatic carbocycles. The highest BCUT2D eigenvalue weighted by Gasteiger charge is 2.08. The first kappa shape index (κ1) is 21.5. The van der Waals surface area contributed by atoms with Crippen molar-refractivity contribution in [2.75, 3.05) is 11.9 Å². The van der Waals surface area contributed by atoms with Crippen LogP contribution in [0.25, 0.3) is 22.7 Å². The number of hydrogen-bond acceptors (Lipinski definition) is 5. The lowest BCUT2D eigenvalue weighted by Crippen LogP contribution is -2.20. The van der Waals surface area contributed by atoms with Gasteiger partial charge in [-0.1, -0.05) is 24.3 Å². The lowest BCUT2D eigenvalue weighted by molar-refractivity contribution is -0.118. The second-order valence-electron chi connectivity index (χ2n) is 7.31. The van der Waals surface area contributed by atoms with E-state index in [4.69, 9.17) is 4.74 Å². The Morgan fingerprint density at radius 2 is 1.79 bits per heavy atom. The number of hydrogen-bond donors (Lipinski definition) is 2. The van der Waals surface area contributed by atoms with Crippen LogP contribution >= 0.6 is 0 Å². The maximum absolute atomic E-state index is 12.1. The molecular weight excluding hydrogens is 416 g/mol. The molecule has 1 amide bonds. The van der Waals surface area contributed by atoms with Gasteiger partial charge in [0, 0.05) is 11.3 Å². The lowest BCUT2D eigenvalue weighted by Gasteiger charge is -2.08. The van der Waals surface area contributed by atoms with Crippen molar-refractivity contribution in [2.24, 2.45) is 0 Å². The van der Waals surface area contributed by atoms with E-state index in [1.807, 2.05) is 24.3 Å². The van der Waals surface area contributed by atoms with Gasteiger partial charge in [-0.3, -0.25) is 9.59 Å². The van der Waals surface area contributed by atoms with E-state index >= 15 is 0 Å². The number of nitriles is 1. The number of carbonyl (C=O) groups excluding carboxylic acids is 2. The van der Waals surface area contributed by atoms with Crippen molar-refractivity contribution < 1.29 is 14.3 Å². The molecule has 0 aliphatic rings. The Hall–Kier alpha value is -4.70. The molecule has 0 fully saturated rings. The summed E-state index contributed by atoms with van der Waals surface area (Å²) in [5, 5.41) is 12.3. The van der Waals surface area contributed by atoms with Crippen molar-refractivity contribution in [2.45, 2.75) is 6.92 Å². The average molecular weight is 436 g/mol. The summed E-state index contributed by atoms with van der Waals surface area (Å²) in [6.45, 7) is 1.33. The van der Waals surface area contributed by atoms with Crippen molar-refractivity contribution in [3.8, 4) is 11.8 Å². The molecule has 4 rings (SSSR count). The minimum Gasteiger partial charge on any atom is -0.484 e. The number of nitrogens with zero attached hydrogens (tertiary/aromatic N) is 2. The number of benzene rings is 3. The molecule has 1 aromatic heterocycles. The van der Waals surface area contributed by atoms with Crippen molar-refractivity contribution >= 4 is 40.1 Å². The van der Waals surface area contributed by atoms with Gasteiger partial charge in [-0.05, 0) is 67.1 Å². The van der Waals surface area contributed by atoms with Crippen molar-refractivity contribution in [3.63, 3.8) is 0 Å². The molecule has 1 heterocycles. The van der Waals surface area contributed by atoms with E-state index in [-0.39, 0.29) is 18.3 Å². The molecule has 0 aliphatic carbocycles. The van der Waals surface area contributed by atoms with Crippen LogP contribution in [0.2, 0.25) is 0 Å². The monoisotopic (exact) mass is 436 g/mol. The minimum absolute atomic E-state index is 0.0334. The highest BCUT2D eigenvalue weighted by molar-refractivity contribution is 5.96. The van der Waals surface area contributed by atoms with Gasteiger partial charge in [-0.25, -0.2) is 4.98 Å².